The molecule has 0 aromatic heterocycles. The summed E-state index contributed by atoms with van der Waals surface area (Å²) in [6.45, 7) is 7.16. The summed E-state index contributed by atoms with van der Waals surface area (Å²) in [6, 6.07) is 9.90. The molecule has 0 spiro atoms. The van der Waals surface area contributed by atoms with Gasteiger partial charge in [0.2, 0.25) is 17.7 Å². The molecule has 0 unspecified atom stereocenters. The number of carbonyl (C=O) groups is 4. The summed E-state index contributed by atoms with van der Waals surface area (Å²) in [5.41, 5.74) is 0.445. The summed E-state index contributed by atoms with van der Waals surface area (Å²) in [6.07, 6.45) is 9.25. The van der Waals surface area contributed by atoms with E-state index in [1.807, 2.05) is 48.2 Å². The first-order valence-corrected chi connectivity index (χ1v) is 17.7. The molecule has 3 heterocycles. The highest BCUT2D eigenvalue weighted by Crippen LogP contribution is 2.50. The van der Waals surface area contributed by atoms with E-state index in [0.717, 1.165) is 50.5 Å². The van der Waals surface area contributed by atoms with Crippen LogP contribution in [0.15, 0.2) is 42.1 Å². The van der Waals surface area contributed by atoms with Crippen LogP contribution in [-0.2, 0) is 40.0 Å². The lowest BCUT2D eigenvalue weighted by Gasteiger charge is -2.51. The molecule has 1 saturated carbocycles. The molecule has 1 aromatic rings. The van der Waals surface area contributed by atoms with Crippen LogP contribution in [0.4, 0.5) is 0 Å². The molecule has 0 N–H and O–H groups in total. The van der Waals surface area contributed by atoms with Gasteiger partial charge in [0.15, 0.2) is 0 Å². The van der Waals surface area contributed by atoms with E-state index in [1.165, 1.54) is 13.5 Å². The Morgan fingerprint density at radius 1 is 0.957 bits per heavy atom. The van der Waals surface area contributed by atoms with Crippen LogP contribution in [0.25, 0.3) is 0 Å². The van der Waals surface area contributed by atoms with Crippen molar-refractivity contribution in [1.29, 1.82) is 0 Å². The quantitative estimate of drug-likeness (QED) is 0.200. The number of fused-ring (bicyclic) bond motifs is 1. The van der Waals surface area contributed by atoms with E-state index in [0.29, 0.717) is 45.0 Å². The smallest absolute Gasteiger partial charge is 0.320 e. The van der Waals surface area contributed by atoms with Gasteiger partial charge in [0.25, 0.3) is 0 Å². The molecule has 0 bridgehead atoms. The number of piperidine rings is 1. The lowest BCUT2D eigenvalue weighted by Crippen LogP contribution is -2.61. The Labute approximate surface area is 279 Å². The van der Waals surface area contributed by atoms with E-state index >= 15 is 0 Å². The van der Waals surface area contributed by atoms with Gasteiger partial charge in [-0.3, -0.25) is 19.2 Å². The minimum Gasteiger partial charge on any atom is -0.468 e. The van der Waals surface area contributed by atoms with Gasteiger partial charge in [-0.2, -0.15) is 0 Å². The van der Waals surface area contributed by atoms with E-state index in [9.17, 15) is 19.2 Å². The normalized spacial score (nSPS) is 26.1. The zero-order valence-electron chi connectivity index (χ0n) is 28.5. The summed E-state index contributed by atoms with van der Waals surface area (Å²) in [4.78, 5) is 59.6. The van der Waals surface area contributed by atoms with Crippen molar-refractivity contribution in [2.75, 3.05) is 46.4 Å². The zero-order valence-corrected chi connectivity index (χ0v) is 28.5. The molecule has 1 aliphatic carbocycles. The van der Waals surface area contributed by atoms with Crippen molar-refractivity contribution in [3.63, 3.8) is 0 Å². The third-order valence-electron chi connectivity index (χ3n) is 10.3. The standard InChI is InChI=1S/C37H53N3O7/c1-4-5-6-7-8-12-17-40-32-23-31(26-46-25-28-13-10-9-11-14-28)47-27(2)37(32,36(44)45-3)24-30(35(40)43)22-33(41)38-18-20-39(21-19-38)34(42)29-15-16-29/h9-11,13-14,23,27,29-31H,4-8,12,15-22,24-26H2,1-3H3/t27-,30+,31-,37+/m1/s1. The number of benzene rings is 1. The number of hydrogen-bond acceptors (Lipinski definition) is 7. The van der Waals surface area contributed by atoms with Gasteiger partial charge in [-0.05, 0) is 44.2 Å². The highest BCUT2D eigenvalue weighted by Gasteiger charge is 2.59. The molecule has 4 atom stereocenters. The maximum absolute atomic E-state index is 14.3. The Bertz CT molecular complexity index is 1270. The third kappa shape index (κ3) is 8.26. The number of rotatable bonds is 15. The molecular weight excluding hydrogens is 598 g/mol. The van der Waals surface area contributed by atoms with Crippen LogP contribution >= 0.6 is 0 Å². The number of methoxy groups -OCH3 is 1. The van der Waals surface area contributed by atoms with Gasteiger partial charge in [0.05, 0.1) is 26.4 Å². The Morgan fingerprint density at radius 3 is 2.32 bits per heavy atom. The summed E-state index contributed by atoms with van der Waals surface area (Å²) < 4.78 is 17.9. The topological polar surface area (TPSA) is 106 Å². The summed E-state index contributed by atoms with van der Waals surface area (Å²) in [5.74, 6) is -1.05. The van der Waals surface area contributed by atoms with E-state index < -0.39 is 29.5 Å². The van der Waals surface area contributed by atoms with Crippen LogP contribution < -0.4 is 0 Å². The fourth-order valence-electron chi connectivity index (χ4n) is 7.40. The van der Waals surface area contributed by atoms with Crippen LogP contribution in [0.1, 0.15) is 83.6 Å². The molecule has 47 heavy (non-hydrogen) atoms. The molecule has 4 aliphatic rings. The first-order valence-electron chi connectivity index (χ1n) is 17.7. The summed E-state index contributed by atoms with van der Waals surface area (Å²) in [7, 11) is 1.37. The first-order chi connectivity index (χ1) is 22.8. The van der Waals surface area contributed by atoms with Crippen LogP contribution in [0, 0.1) is 17.3 Å². The number of piperazine rings is 1. The van der Waals surface area contributed by atoms with E-state index in [4.69, 9.17) is 14.2 Å². The van der Waals surface area contributed by atoms with Gasteiger partial charge < -0.3 is 28.9 Å². The molecular formula is C37H53N3O7. The zero-order chi connectivity index (χ0) is 33.4. The van der Waals surface area contributed by atoms with Crippen molar-refractivity contribution in [2.45, 2.75) is 96.9 Å². The molecule has 2 saturated heterocycles. The highest BCUT2D eigenvalue weighted by molar-refractivity contribution is 5.93. The number of nitrogens with zero attached hydrogens (tertiary/aromatic N) is 3. The molecule has 3 amide bonds. The number of unbranched alkanes of at least 4 members (excludes halogenated alkanes) is 5. The number of carbonyl (C=O) groups excluding carboxylic acids is 4. The van der Waals surface area contributed by atoms with Gasteiger partial charge in [0, 0.05) is 56.7 Å². The Balaban J connectivity index is 1.33. The van der Waals surface area contributed by atoms with Crippen molar-refractivity contribution < 1.29 is 33.4 Å². The van der Waals surface area contributed by atoms with Crippen molar-refractivity contribution in [3.8, 4) is 0 Å². The molecule has 1 aromatic carbocycles. The molecule has 10 nitrogen and oxygen atoms in total. The average molecular weight is 652 g/mol. The van der Waals surface area contributed by atoms with Gasteiger partial charge in [-0.25, -0.2) is 0 Å². The van der Waals surface area contributed by atoms with Crippen LogP contribution in [0.2, 0.25) is 0 Å². The van der Waals surface area contributed by atoms with E-state index in [-0.39, 0.29) is 43.1 Å². The average Bonchev–Trinajstić information content (AvgIpc) is 3.94. The maximum Gasteiger partial charge on any atom is 0.320 e. The number of esters is 1. The van der Waals surface area contributed by atoms with Crippen molar-refractivity contribution in [2.24, 2.45) is 17.3 Å². The second kappa shape index (κ2) is 16.2. The number of hydrogen-bond donors (Lipinski definition) is 0. The predicted octanol–water partition coefficient (Wildman–Crippen LogP) is 4.71. The van der Waals surface area contributed by atoms with Crippen LogP contribution in [-0.4, -0.2) is 97.0 Å². The summed E-state index contributed by atoms with van der Waals surface area (Å²) in [5, 5.41) is 0. The van der Waals surface area contributed by atoms with Gasteiger partial charge in [-0.15, -0.1) is 0 Å². The minimum absolute atomic E-state index is 0.00473. The summed E-state index contributed by atoms with van der Waals surface area (Å²) >= 11 is 0. The lowest BCUT2D eigenvalue weighted by atomic mass is 9.66. The first kappa shape index (κ1) is 35.1. The van der Waals surface area contributed by atoms with Gasteiger partial charge in [0.1, 0.15) is 11.5 Å². The number of likely N-dealkylation sites (tertiary alicyclic amines) is 1. The molecule has 258 valence electrons. The fraction of sp³-hybridized carbons (Fsp3) is 0.676. The molecule has 3 aliphatic heterocycles. The minimum atomic E-state index is -1.22. The Hall–Kier alpha value is -3.24. The Morgan fingerprint density at radius 2 is 1.64 bits per heavy atom. The monoisotopic (exact) mass is 651 g/mol. The SMILES string of the molecule is CCCCCCCCN1C(=O)[C@@H](CC(=O)N2CCN(C(=O)C3CC3)CC2)C[C@@]2(C(=O)OC)C1=C[C@H](COCc1ccccc1)O[C@@H]2C. The molecule has 3 fully saturated rings. The van der Waals surface area contributed by atoms with Gasteiger partial charge in [-0.1, -0.05) is 69.4 Å². The van der Waals surface area contributed by atoms with E-state index in [2.05, 4.69) is 6.92 Å². The number of amides is 3. The van der Waals surface area contributed by atoms with Gasteiger partial charge >= 0.3 is 5.97 Å². The molecule has 0 radical (unpaired) electrons. The second-order valence-electron chi connectivity index (χ2n) is 13.7. The van der Waals surface area contributed by atoms with Crippen LogP contribution in [0.5, 0.6) is 0 Å². The van der Waals surface area contributed by atoms with Crippen molar-refractivity contribution in [3.05, 3.63) is 47.7 Å². The maximum atomic E-state index is 14.3. The second-order valence-corrected chi connectivity index (χ2v) is 13.7. The van der Waals surface area contributed by atoms with Crippen molar-refractivity contribution in [1.82, 2.24) is 14.7 Å². The highest BCUT2D eigenvalue weighted by atomic mass is 16.5. The largest absolute Gasteiger partial charge is 0.468 e. The predicted molar refractivity (Wildman–Crippen MR) is 177 cm³/mol. The molecule has 5 rings (SSSR count). The fourth-order valence-corrected chi connectivity index (χ4v) is 7.40. The van der Waals surface area contributed by atoms with Crippen molar-refractivity contribution >= 4 is 23.7 Å². The lowest BCUT2D eigenvalue weighted by molar-refractivity contribution is -0.178. The van der Waals surface area contributed by atoms with E-state index in [1.54, 1.807) is 9.80 Å². The third-order valence-corrected chi connectivity index (χ3v) is 10.3. The molecule has 10 heteroatoms. The Kier molecular flexibility index (Phi) is 12.1. The van der Waals surface area contributed by atoms with Crippen LogP contribution in [0.3, 0.4) is 0 Å². The number of ether oxygens (including phenoxy) is 3.